The molecule has 0 heterocycles. The molecule has 0 spiro atoms. The van der Waals surface area contributed by atoms with Crippen LogP contribution in [-0.4, -0.2) is 18.4 Å². The van der Waals surface area contributed by atoms with E-state index >= 15 is 0 Å². The number of fused-ring (bicyclic) bond motifs is 1. The predicted octanol–water partition coefficient (Wildman–Crippen LogP) is 3.96. The molecule has 3 aliphatic rings. The predicted molar refractivity (Wildman–Crippen MR) is 98.9 cm³/mol. The molecule has 0 aliphatic heterocycles. The van der Waals surface area contributed by atoms with Crippen LogP contribution >= 0.6 is 12.2 Å². The van der Waals surface area contributed by atoms with E-state index in [1.807, 2.05) is 30.5 Å². The first-order valence-corrected chi connectivity index (χ1v) is 8.35. The van der Waals surface area contributed by atoms with E-state index in [-0.39, 0.29) is 0 Å². The molecule has 122 valence electrons. The monoisotopic (exact) mass is 329 g/mol. The molecule has 0 saturated heterocycles. The maximum absolute atomic E-state index is 5.26. The summed E-state index contributed by atoms with van der Waals surface area (Å²) in [5, 5.41) is 7.87. The van der Waals surface area contributed by atoms with E-state index in [2.05, 4.69) is 35.8 Å². The lowest BCUT2D eigenvalue weighted by atomic mass is 9.49. The number of nitrogens with zero attached hydrogens (tertiary/aromatic N) is 1. The standard InChI is InChI=1S/C18H23N3OS/c1-18(2)13-5-4-12(16(18)10-13)11-19-21-17(23)20-14-6-8-15(22-3)9-7-14/h4,6-9,11,13,16H,5,10H2,1-3H3,(H2,20,21,23)/b19-11+. The van der Waals surface area contributed by atoms with Crippen LogP contribution in [0.4, 0.5) is 5.69 Å². The molecular formula is C18H23N3OS. The smallest absolute Gasteiger partial charge is 0.191 e. The van der Waals surface area contributed by atoms with E-state index in [1.54, 1.807) is 7.11 Å². The van der Waals surface area contributed by atoms with E-state index in [9.17, 15) is 0 Å². The molecule has 0 aromatic heterocycles. The molecule has 1 fully saturated rings. The Labute approximate surface area is 143 Å². The molecule has 0 radical (unpaired) electrons. The number of hydrazone groups is 1. The third kappa shape index (κ3) is 3.24. The van der Waals surface area contributed by atoms with Crippen molar-refractivity contribution >= 4 is 29.2 Å². The van der Waals surface area contributed by atoms with Gasteiger partial charge in [0.05, 0.1) is 13.3 Å². The first-order valence-electron chi connectivity index (χ1n) is 7.95. The van der Waals surface area contributed by atoms with Gasteiger partial charge in [-0.3, -0.25) is 5.43 Å². The molecule has 2 atom stereocenters. The molecule has 2 bridgehead atoms. The van der Waals surface area contributed by atoms with Crippen molar-refractivity contribution in [1.29, 1.82) is 0 Å². The quantitative estimate of drug-likeness (QED) is 0.499. The Hall–Kier alpha value is -1.88. The van der Waals surface area contributed by atoms with Gasteiger partial charge in [0.15, 0.2) is 5.11 Å². The van der Waals surface area contributed by atoms with Gasteiger partial charge in [0.2, 0.25) is 0 Å². The summed E-state index contributed by atoms with van der Waals surface area (Å²) in [5.41, 5.74) is 5.54. The number of thiocarbonyl (C=S) groups is 1. The normalized spacial score (nSPS) is 24.6. The first-order chi connectivity index (χ1) is 11.0. The number of hydrogen-bond donors (Lipinski definition) is 2. The van der Waals surface area contributed by atoms with Crippen LogP contribution in [0, 0.1) is 17.3 Å². The molecule has 5 heteroatoms. The number of ether oxygens (including phenoxy) is 1. The topological polar surface area (TPSA) is 45.6 Å². The highest BCUT2D eigenvalue weighted by molar-refractivity contribution is 7.80. The second-order valence-electron chi connectivity index (χ2n) is 6.80. The van der Waals surface area contributed by atoms with Crippen molar-refractivity contribution in [3.05, 3.63) is 35.9 Å². The summed E-state index contributed by atoms with van der Waals surface area (Å²) in [5.74, 6) is 2.29. The van der Waals surface area contributed by atoms with Crippen molar-refractivity contribution in [2.45, 2.75) is 26.7 Å². The van der Waals surface area contributed by atoms with Gasteiger partial charge in [0.1, 0.15) is 5.75 Å². The summed E-state index contributed by atoms with van der Waals surface area (Å²) in [6, 6.07) is 7.60. The third-order valence-electron chi connectivity index (χ3n) is 5.24. The first kappa shape index (κ1) is 16.0. The summed E-state index contributed by atoms with van der Waals surface area (Å²) in [4.78, 5) is 0. The molecule has 1 aromatic rings. The zero-order valence-electron chi connectivity index (χ0n) is 13.8. The van der Waals surface area contributed by atoms with Crippen LogP contribution in [0.3, 0.4) is 0 Å². The Morgan fingerprint density at radius 3 is 2.70 bits per heavy atom. The van der Waals surface area contributed by atoms with Gasteiger partial charge in [0, 0.05) is 5.69 Å². The summed E-state index contributed by atoms with van der Waals surface area (Å²) in [7, 11) is 1.65. The largest absolute Gasteiger partial charge is 0.497 e. The average molecular weight is 329 g/mol. The minimum atomic E-state index is 0.415. The van der Waals surface area contributed by atoms with Crippen LogP contribution in [0.25, 0.3) is 0 Å². The highest BCUT2D eigenvalue weighted by Gasteiger charge is 2.50. The third-order valence-corrected chi connectivity index (χ3v) is 5.43. The van der Waals surface area contributed by atoms with Crippen LogP contribution < -0.4 is 15.5 Å². The lowest BCUT2D eigenvalue weighted by Gasteiger charge is -2.55. The van der Waals surface area contributed by atoms with E-state index in [1.165, 1.54) is 18.4 Å². The van der Waals surface area contributed by atoms with Crippen LogP contribution in [-0.2, 0) is 0 Å². The maximum atomic E-state index is 5.26. The maximum Gasteiger partial charge on any atom is 0.191 e. The van der Waals surface area contributed by atoms with Crippen molar-refractivity contribution in [2.75, 3.05) is 12.4 Å². The van der Waals surface area contributed by atoms with Crippen LogP contribution in [0.1, 0.15) is 26.7 Å². The molecule has 2 unspecified atom stereocenters. The fraction of sp³-hybridized carbons (Fsp3) is 0.444. The lowest BCUT2D eigenvalue weighted by molar-refractivity contribution is -0.00126. The number of anilines is 1. The minimum Gasteiger partial charge on any atom is -0.497 e. The second-order valence-corrected chi connectivity index (χ2v) is 7.21. The average Bonchev–Trinajstić information content (AvgIpc) is 2.55. The highest BCUT2D eigenvalue weighted by atomic mass is 32.1. The van der Waals surface area contributed by atoms with Crippen molar-refractivity contribution in [3.8, 4) is 5.75 Å². The number of hydrogen-bond acceptors (Lipinski definition) is 3. The van der Waals surface area contributed by atoms with Crippen molar-refractivity contribution in [3.63, 3.8) is 0 Å². The summed E-state index contributed by atoms with van der Waals surface area (Å²) in [6.45, 7) is 4.71. The van der Waals surface area contributed by atoms with E-state index in [0.717, 1.165) is 17.4 Å². The molecule has 1 saturated carbocycles. The van der Waals surface area contributed by atoms with Crippen LogP contribution in [0.5, 0.6) is 5.75 Å². The number of rotatable bonds is 4. The van der Waals surface area contributed by atoms with Gasteiger partial charge >= 0.3 is 0 Å². The number of methoxy groups -OCH3 is 1. The molecular weight excluding hydrogens is 306 g/mol. The Morgan fingerprint density at radius 1 is 1.35 bits per heavy atom. The molecule has 23 heavy (non-hydrogen) atoms. The van der Waals surface area contributed by atoms with Gasteiger partial charge < -0.3 is 10.1 Å². The zero-order valence-corrected chi connectivity index (χ0v) is 14.6. The van der Waals surface area contributed by atoms with Gasteiger partial charge in [-0.1, -0.05) is 19.9 Å². The Kier molecular flexibility index (Phi) is 4.39. The molecule has 2 N–H and O–H groups in total. The number of allylic oxidation sites excluding steroid dienone is 2. The van der Waals surface area contributed by atoms with Gasteiger partial charge in [-0.15, -0.1) is 0 Å². The van der Waals surface area contributed by atoms with Gasteiger partial charge in [-0.2, -0.15) is 5.10 Å². The summed E-state index contributed by atoms with van der Waals surface area (Å²) >= 11 is 5.26. The second kappa shape index (κ2) is 6.32. The molecule has 0 amide bonds. The summed E-state index contributed by atoms with van der Waals surface area (Å²) in [6.07, 6.45) is 6.69. The summed E-state index contributed by atoms with van der Waals surface area (Å²) < 4.78 is 5.13. The lowest BCUT2D eigenvalue weighted by Crippen LogP contribution is -2.48. The van der Waals surface area contributed by atoms with Crippen LogP contribution in [0.2, 0.25) is 0 Å². The SMILES string of the molecule is COc1ccc(NC(=S)N/N=C/C2=CCC3CC2C3(C)C)cc1. The van der Waals surface area contributed by atoms with Crippen molar-refractivity contribution < 1.29 is 4.74 Å². The van der Waals surface area contributed by atoms with E-state index < -0.39 is 0 Å². The molecule has 4 nitrogen and oxygen atoms in total. The Morgan fingerprint density at radius 2 is 2.09 bits per heavy atom. The van der Waals surface area contributed by atoms with Gasteiger partial charge in [-0.05, 0) is 72.1 Å². The number of benzene rings is 1. The van der Waals surface area contributed by atoms with Crippen LogP contribution in [0.15, 0.2) is 41.0 Å². The number of nitrogens with one attached hydrogen (secondary N) is 2. The fourth-order valence-corrected chi connectivity index (χ4v) is 3.71. The van der Waals surface area contributed by atoms with Gasteiger partial charge in [0.25, 0.3) is 0 Å². The van der Waals surface area contributed by atoms with Crippen molar-refractivity contribution in [2.24, 2.45) is 22.4 Å². The zero-order chi connectivity index (χ0) is 16.4. The molecule has 3 aliphatic carbocycles. The Bertz CT molecular complexity index is 649. The minimum absolute atomic E-state index is 0.415. The fourth-order valence-electron chi connectivity index (χ4n) is 3.54. The van der Waals surface area contributed by atoms with E-state index in [4.69, 9.17) is 17.0 Å². The van der Waals surface area contributed by atoms with E-state index in [0.29, 0.717) is 16.4 Å². The highest BCUT2D eigenvalue weighted by Crippen LogP contribution is 2.58. The molecule has 4 rings (SSSR count). The molecule has 1 aromatic carbocycles. The van der Waals surface area contributed by atoms with Crippen molar-refractivity contribution in [1.82, 2.24) is 5.43 Å². The van der Waals surface area contributed by atoms with Gasteiger partial charge in [-0.25, -0.2) is 0 Å². The Balaban J connectivity index is 1.52.